The molecule has 4 aliphatic rings. The molecule has 4 aliphatic carbocycles. The third-order valence-electron chi connectivity index (χ3n) is 14.6. The molecule has 0 radical (unpaired) electrons. The van der Waals surface area contributed by atoms with E-state index in [0.29, 0.717) is 5.56 Å². The Morgan fingerprint density at radius 1 is 0.435 bits per heavy atom. The van der Waals surface area contributed by atoms with Crippen molar-refractivity contribution in [3.63, 3.8) is 0 Å². The maximum absolute atomic E-state index is 10.3. The number of benzene rings is 9. The molecule has 0 saturated heterocycles. The fraction of sp³-hybridized carbons (Fsp3) is 0.0833. The van der Waals surface area contributed by atoms with Crippen LogP contribution in [0.1, 0.15) is 75.4 Å². The Morgan fingerprint density at radius 3 is 1.77 bits per heavy atom. The molecule has 2 heteroatoms. The third kappa shape index (κ3) is 4.42. The lowest BCUT2D eigenvalue weighted by molar-refractivity contribution is 0.660. The molecule has 13 rings (SSSR count). The van der Waals surface area contributed by atoms with Crippen LogP contribution in [-0.2, 0) is 10.8 Å². The molecule has 0 aromatic heterocycles. The Kier molecular flexibility index (Phi) is 7.15. The van der Waals surface area contributed by atoms with Crippen molar-refractivity contribution in [2.75, 3.05) is 4.90 Å². The summed E-state index contributed by atoms with van der Waals surface area (Å²) in [6, 6.07) is 76.8. The molecule has 62 heavy (non-hydrogen) atoms. The van der Waals surface area contributed by atoms with Crippen molar-refractivity contribution in [2.45, 2.75) is 30.6 Å². The van der Waals surface area contributed by atoms with E-state index in [1.165, 1.54) is 94.6 Å². The summed E-state index contributed by atoms with van der Waals surface area (Å²) in [5.74, 6) is -0.0561. The van der Waals surface area contributed by atoms with Gasteiger partial charge in [-0.15, -0.1) is 0 Å². The first-order chi connectivity index (χ1) is 30.5. The molecule has 9 aromatic rings. The van der Waals surface area contributed by atoms with Gasteiger partial charge >= 0.3 is 0 Å². The van der Waals surface area contributed by atoms with E-state index < -0.39 is 5.41 Å². The quantitative estimate of drug-likeness (QED) is 0.174. The second kappa shape index (κ2) is 12.6. The Balaban J connectivity index is 1.19. The van der Waals surface area contributed by atoms with E-state index >= 15 is 0 Å². The second-order valence-electron chi connectivity index (χ2n) is 17.8. The molecule has 0 spiro atoms. The summed E-state index contributed by atoms with van der Waals surface area (Å²) in [5.41, 5.74) is 25.1. The molecule has 0 aliphatic heterocycles. The maximum Gasteiger partial charge on any atom is 0.0991 e. The Labute approximate surface area is 362 Å². The highest BCUT2D eigenvalue weighted by Gasteiger charge is 2.52. The number of anilines is 3. The van der Waals surface area contributed by atoms with E-state index in [1.807, 2.05) is 6.07 Å². The summed E-state index contributed by atoms with van der Waals surface area (Å²) >= 11 is 0. The van der Waals surface area contributed by atoms with Crippen LogP contribution in [0, 0.1) is 11.3 Å². The number of hydrogen-bond donors (Lipinski definition) is 0. The molecule has 0 bridgehead atoms. The normalized spacial score (nSPS) is 15.7. The minimum Gasteiger partial charge on any atom is -0.310 e. The molecular weight excluding hydrogens is 749 g/mol. The van der Waals surface area contributed by atoms with Crippen molar-refractivity contribution in [3.05, 3.63) is 256 Å². The summed E-state index contributed by atoms with van der Waals surface area (Å²) in [7, 11) is 0. The highest BCUT2D eigenvalue weighted by Crippen LogP contribution is 2.67. The van der Waals surface area contributed by atoms with Crippen LogP contribution < -0.4 is 4.90 Å². The van der Waals surface area contributed by atoms with Crippen LogP contribution in [0.3, 0.4) is 0 Å². The van der Waals surface area contributed by atoms with Crippen LogP contribution in [0.25, 0.3) is 44.5 Å². The van der Waals surface area contributed by atoms with Crippen LogP contribution >= 0.6 is 0 Å². The van der Waals surface area contributed by atoms with Crippen molar-refractivity contribution in [3.8, 4) is 50.6 Å². The summed E-state index contributed by atoms with van der Waals surface area (Å²) in [5, 5.41) is 10.3. The third-order valence-corrected chi connectivity index (χ3v) is 14.6. The van der Waals surface area contributed by atoms with Crippen molar-refractivity contribution in [2.24, 2.45) is 0 Å². The topological polar surface area (TPSA) is 27.0 Å². The fourth-order valence-electron chi connectivity index (χ4n) is 12.1. The highest BCUT2D eigenvalue weighted by molar-refractivity contribution is 6.09. The summed E-state index contributed by atoms with van der Waals surface area (Å²) in [6.07, 6.45) is 0. The number of fused-ring (bicyclic) bond motifs is 9. The van der Waals surface area contributed by atoms with Crippen LogP contribution in [0.2, 0.25) is 0 Å². The molecule has 0 amide bonds. The first-order valence-corrected chi connectivity index (χ1v) is 21.7. The molecule has 1 unspecified atom stereocenters. The van der Waals surface area contributed by atoms with Gasteiger partial charge in [0.1, 0.15) is 0 Å². The molecule has 2 nitrogen and oxygen atoms in total. The average Bonchev–Trinajstić information content (AvgIpc) is 3.86. The smallest absolute Gasteiger partial charge is 0.0991 e. The average molecular weight is 789 g/mol. The Hall–Kier alpha value is -7.73. The predicted octanol–water partition coefficient (Wildman–Crippen LogP) is 14.8. The summed E-state index contributed by atoms with van der Waals surface area (Å²) in [4.78, 5) is 2.51. The minimum atomic E-state index is -0.583. The van der Waals surface area contributed by atoms with Gasteiger partial charge in [-0.3, -0.25) is 0 Å². The molecule has 0 N–H and O–H groups in total. The van der Waals surface area contributed by atoms with Crippen molar-refractivity contribution in [1.29, 1.82) is 5.26 Å². The molecule has 1 atom stereocenters. The fourth-order valence-corrected chi connectivity index (χ4v) is 12.1. The second-order valence-corrected chi connectivity index (χ2v) is 17.8. The molecule has 9 aromatic carbocycles. The molecule has 290 valence electrons. The lowest BCUT2D eigenvalue weighted by Crippen LogP contribution is -2.28. The van der Waals surface area contributed by atoms with Gasteiger partial charge in [0.05, 0.1) is 22.7 Å². The van der Waals surface area contributed by atoms with Crippen LogP contribution in [0.4, 0.5) is 17.1 Å². The molecule has 0 heterocycles. The SMILES string of the molecule is CC1(C)c2ccccc2-c2ccc(N(c3ccccc3)c3ccc4c5c3-c3ccccc3C3c6cc(C#N)ccc6-c6ccc(c-5c63)C4(c3ccccc3)c3ccccc3)cc21. The van der Waals surface area contributed by atoms with E-state index in [2.05, 4.69) is 219 Å². The largest absolute Gasteiger partial charge is 0.310 e. The molecule has 0 saturated carbocycles. The predicted molar refractivity (Wildman–Crippen MR) is 253 cm³/mol. The van der Waals surface area contributed by atoms with E-state index in [4.69, 9.17) is 0 Å². The van der Waals surface area contributed by atoms with Gasteiger partial charge in [-0.1, -0.05) is 172 Å². The monoisotopic (exact) mass is 788 g/mol. The standard InChI is InChI=1S/C60H40N2/c1-59(2)49-25-15-14-22-43(49)44-29-27-41(35-52(44)59)62(40-20-10-5-11-21-40)53-33-32-51-57-55(53)46-24-13-12-23-45(46)54-48-34-37(36-61)26-28-42(48)47-30-31-50(58(57)56(47)54)60(51,38-16-6-3-7-17-38)39-18-8-4-9-19-39/h3-35,54H,1-2H3. The van der Waals surface area contributed by atoms with E-state index in [-0.39, 0.29) is 11.3 Å². The zero-order chi connectivity index (χ0) is 41.3. The number of nitriles is 1. The number of nitrogens with zero attached hydrogens (tertiary/aromatic N) is 2. The van der Waals surface area contributed by atoms with Crippen molar-refractivity contribution < 1.29 is 0 Å². The molecule has 0 fully saturated rings. The van der Waals surface area contributed by atoms with Gasteiger partial charge in [0.2, 0.25) is 0 Å². The van der Waals surface area contributed by atoms with E-state index in [0.717, 1.165) is 17.1 Å². The highest BCUT2D eigenvalue weighted by atomic mass is 15.1. The van der Waals surface area contributed by atoms with Crippen molar-refractivity contribution in [1.82, 2.24) is 0 Å². The first kappa shape index (κ1) is 35.1. The number of para-hydroxylation sites is 1. The maximum atomic E-state index is 10.3. The van der Waals surface area contributed by atoms with Crippen LogP contribution in [0.5, 0.6) is 0 Å². The van der Waals surface area contributed by atoms with Gasteiger partial charge in [-0.05, 0) is 131 Å². The Bertz CT molecular complexity index is 3350. The number of hydrogen-bond acceptors (Lipinski definition) is 2. The zero-order valence-corrected chi connectivity index (χ0v) is 34.5. The van der Waals surface area contributed by atoms with E-state index in [1.54, 1.807) is 0 Å². The van der Waals surface area contributed by atoms with Crippen LogP contribution in [-0.4, -0.2) is 0 Å². The van der Waals surface area contributed by atoms with Gasteiger partial charge in [0.25, 0.3) is 0 Å². The first-order valence-electron chi connectivity index (χ1n) is 21.7. The van der Waals surface area contributed by atoms with Gasteiger partial charge in [-0.25, -0.2) is 0 Å². The molecular formula is C60H40N2. The van der Waals surface area contributed by atoms with E-state index in [9.17, 15) is 5.26 Å². The lowest BCUT2D eigenvalue weighted by atomic mass is 9.67. The van der Waals surface area contributed by atoms with Gasteiger partial charge in [-0.2, -0.15) is 5.26 Å². The minimum absolute atomic E-state index is 0.0561. The Morgan fingerprint density at radius 2 is 1.03 bits per heavy atom. The van der Waals surface area contributed by atoms with Crippen LogP contribution in [0.15, 0.2) is 200 Å². The zero-order valence-electron chi connectivity index (χ0n) is 34.5. The van der Waals surface area contributed by atoms with Gasteiger partial charge in [0.15, 0.2) is 0 Å². The summed E-state index contributed by atoms with van der Waals surface area (Å²) < 4.78 is 0. The van der Waals surface area contributed by atoms with Gasteiger partial charge < -0.3 is 4.90 Å². The lowest BCUT2D eigenvalue weighted by Gasteiger charge is -2.35. The summed E-state index contributed by atoms with van der Waals surface area (Å²) in [6.45, 7) is 4.73. The van der Waals surface area contributed by atoms with Crippen molar-refractivity contribution >= 4 is 17.1 Å². The van der Waals surface area contributed by atoms with Gasteiger partial charge in [0, 0.05) is 28.3 Å². The number of rotatable bonds is 5.